The summed E-state index contributed by atoms with van der Waals surface area (Å²) in [5.41, 5.74) is 7.16. The number of nitrogens with zero attached hydrogens (tertiary/aromatic N) is 1. The van der Waals surface area contributed by atoms with Gasteiger partial charge in [0.25, 0.3) is 0 Å². The molecule has 0 radical (unpaired) electrons. The van der Waals surface area contributed by atoms with Crippen LogP contribution in [0.5, 0.6) is 0 Å². The molecule has 112 valence electrons. The van der Waals surface area contributed by atoms with Crippen molar-refractivity contribution in [1.82, 2.24) is 9.71 Å². The molecule has 2 rings (SSSR count). The van der Waals surface area contributed by atoms with Gasteiger partial charge in [0.2, 0.25) is 10.0 Å². The van der Waals surface area contributed by atoms with Gasteiger partial charge in [-0.3, -0.25) is 0 Å². The first-order valence-corrected chi connectivity index (χ1v) is 7.83. The van der Waals surface area contributed by atoms with Crippen molar-refractivity contribution >= 4 is 15.8 Å². The van der Waals surface area contributed by atoms with Crippen molar-refractivity contribution < 1.29 is 12.8 Å². The van der Waals surface area contributed by atoms with Crippen LogP contribution in [0.25, 0.3) is 0 Å². The number of nitrogens with one attached hydrogen (secondary N) is 1. The molecule has 0 bridgehead atoms. The zero-order valence-corrected chi connectivity index (χ0v) is 12.3. The molecule has 2 aromatic rings. The maximum Gasteiger partial charge on any atom is 0.240 e. The fourth-order valence-corrected chi connectivity index (χ4v) is 2.99. The molecule has 1 aromatic heterocycles. The van der Waals surface area contributed by atoms with E-state index in [1.54, 1.807) is 13.0 Å². The van der Waals surface area contributed by atoms with E-state index >= 15 is 0 Å². The Morgan fingerprint density at radius 1 is 1.29 bits per heavy atom. The van der Waals surface area contributed by atoms with Gasteiger partial charge in [-0.25, -0.2) is 22.5 Å². The molecule has 0 fully saturated rings. The number of aromatic nitrogens is 1. The first-order chi connectivity index (χ1) is 9.88. The van der Waals surface area contributed by atoms with Crippen LogP contribution in [0.15, 0.2) is 41.4 Å². The molecule has 0 unspecified atom stereocenters. The summed E-state index contributed by atoms with van der Waals surface area (Å²) < 4.78 is 39.6. The molecule has 0 amide bonds. The van der Waals surface area contributed by atoms with Crippen molar-refractivity contribution in [2.24, 2.45) is 0 Å². The monoisotopic (exact) mass is 309 g/mol. The Balaban J connectivity index is 2.02. The van der Waals surface area contributed by atoms with E-state index in [0.29, 0.717) is 6.42 Å². The Morgan fingerprint density at radius 2 is 2.05 bits per heavy atom. The Morgan fingerprint density at radius 3 is 2.71 bits per heavy atom. The lowest BCUT2D eigenvalue weighted by atomic mass is 10.1. The predicted octanol–water partition coefficient (Wildman–Crippen LogP) is 1.63. The summed E-state index contributed by atoms with van der Waals surface area (Å²) in [5, 5.41) is 0. The maximum absolute atomic E-state index is 13.0. The number of rotatable bonds is 5. The minimum absolute atomic E-state index is 0.0748. The summed E-state index contributed by atoms with van der Waals surface area (Å²) in [6.45, 7) is 2.01. The third-order valence-corrected chi connectivity index (χ3v) is 4.51. The number of sulfonamides is 1. The quantitative estimate of drug-likeness (QED) is 0.879. The van der Waals surface area contributed by atoms with Gasteiger partial charge in [0.15, 0.2) is 0 Å². The number of halogens is 1. The third-order valence-electron chi connectivity index (χ3n) is 3.05. The second-order valence-corrected chi connectivity index (χ2v) is 6.40. The Hall–Kier alpha value is -1.99. The lowest BCUT2D eigenvalue weighted by molar-refractivity contribution is 0.581. The molecule has 0 aliphatic carbocycles. The first-order valence-electron chi connectivity index (χ1n) is 6.35. The molecule has 0 spiro atoms. The molecule has 7 heteroatoms. The van der Waals surface area contributed by atoms with Gasteiger partial charge in [0.1, 0.15) is 11.6 Å². The minimum Gasteiger partial charge on any atom is -0.384 e. The lowest BCUT2D eigenvalue weighted by Crippen LogP contribution is -2.26. The van der Waals surface area contributed by atoms with E-state index in [2.05, 4.69) is 9.71 Å². The topological polar surface area (TPSA) is 85.1 Å². The standard InChI is InChI=1S/C14H16FN3O2S/c1-10-8-12(15)3-2-11(10)4-7-18-21(19,20)13-5-6-17-14(16)9-13/h2-3,5-6,8-9,18H,4,7H2,1H3,(H2,16,17). The van der Waals surface area contributed by atoms with Gasteiger partial charge in [-0.1, -0.05) is 6.07 Å². The second kappa shape index (κ2) is 6.19. The third kappa shape index (κ3) is 3.99. The van der Waals surface area contributed by atoms with Crippen molar-refractivity contribution in [3.05, 3.63) is 53.5 Å². The molecule has 1 aromatic carbocycles. The average Bonchev–Trinajstić information content (AvgIpc) is 2.41. The number of anilines is 1. The number of aryl methyl sites for hydroxylation is 1. The molecular formula is C14H16FN3O2S. The number of nitrogens with two attached hydrogens (primary N) is 1. The molecule has 0 saturated carbocycles. The van der Waals surface area contributed by atoms with Crippen molar-refractivity contribution in [3.8, 4) is 0 Å². The molecule has 21 heavy (non-hydrogen) atoms. The Kier molecular flexibility index (Phi) is 4.54. The SMILES string of the molecule is Cc1cc(F)ccc1CCNS(=O)(=O)c1ccnc(N)c1. The summed E-state index contributed by atoms with van der Waals surface area (Å²) in [7, 11) is -3.62. The summed E-state index contributed by atoms with van der Waals surface area (Å²) >= 11 is 0. The van der Waals surface area contributed by atoms with E-state index in [-0.39, 0.29) is 23.1 Å². The van der Waals surface area contributed by atoms with Crippen LogP contribution in [0.2, 0.25) is 0 Å². The molecule has 1 heterocycles. The zero-order chi connectivity index (χ0) is 15.5. The van der Waals surface area contributed by atoms with Gasteiger partial charge < -0.3 is 5.73 Å². The van der Waals surface area contributed by atoms with Gasteiger partial charge in [0.05, 0.1) is 4.90 Å². The summed E-state index contributed by atoms with van der Waals surface area (Å²) in [4.78, 5) is 3.83. The Bertz CT molecular complexity index is 748. The van der Waals surface area contributed by atoms with Crippen LogP contribution < -0.4 is 10.5 Å². The predicted molar refractivity (Wildman–Crippen MR) is 78.7 cm³/mol. The van der Waals surface area contributed by atoms with Gasteiger partial charge in [-0.2, -0.15) is 0 Å². The van der Waals surface area contributed by atoms with E-state index in [4.69, 9.17) is 5.73 Å². The molecule has 3 N–H and O–H groups in total. The molecule has 0 aliphatic heterocycles. The normalized spacial score (nSPS) is 11.5. The maximum atomic E-state index is 13.0. The van der Waals surface area contributed by atoms with E-state index in [1.165, 1.54) is 30.5 Å². The Labute approximate surface area is 123 Å². The fourth-order valence-electron chi connectivity index (χ4n) is 1.94. The zero-order valence-electron chi connectivity index (χ0n) is 11.5. The first kappa shape index (κ1) is 15.4. The van der Waals surface area contributed by atoms with Crippen LogP contribution in [0, 0.1) is 12.7 Å². The van der Waals surface area contributed by atoms with Gasteiger partial charge in [-0.15, -0.1) is 0 Å². The number of nitrogen functional groups attached to an aromatic ring is 1. The highest BCUT2D eigenvalue weighted by Crippen LogP contribution is 2.12. The lowest BCUT2D eigenvalue weighted by Gasteiger charge is -2.09. The largest absolute Gasteiger partial charge is 0.384 e. The molecule has 0 atom stereocenters. The van der Waals surface area contributed by atoms with Gasteiger partial charge in [-0.05, 0) is 42.7 Å². The van der Waals surface area contributed by atoms with E-state index < -0.39 is 10.0 Å². The average molecular weight is 309 g/mol. The van der Waals surface area contributed by atoms with Crippen LogP contribution in [0.1, 0.15) is 11.1 Å². The summed E-state index contributed by atoms with van der Waals surface area (Å²) in [6, 6.07) is 7.12. The van der Waals surface area contributed by atoms with Crippen LogP contribution in [-0.4, -0.2) is 19.9 Å². The van der Waals surface area contributed by atoms with Crippen LogP contribution in [0.3, 0.4) is 0 Å². The molecular weight excluding hydrogens is 293 g/mol. The smallest absolute Gasteiger partial charge is 0.240 e. The van der Waals surface area contributed by atoms with Gasteiger partial charge in [0, 0.05) is 18.8 Å². The number of pyridine rings is 1. The van der Waals surface area contributed by atoms with Crippen LogP contribution in [0.4, 0.5) is 10.2 Å². The summed E-state index contributed by atoms with van der Waals surface area (Å²) in [6.07, 6.45) is 1.82. The number of hydrogen-bond donors (Lipinski definition) is 2. The van der Waals surface area contributed by atoms with Crippen LogP contribution >= 0.6 is 0 Å². The van der Waals surface area contributed by atoms with Crippen molar-refractivity contribution in [3.63, 3.8) is 0 Å². The summed E-state index contributed by atoms with van der Waals surface area (Å²) in [5.74, 6) is -0.156. The highest BCUT2D eigenvalue weighted by atomic mass is 32.2. The van der Waals surface area contributed by atoms with Crippen molar-refractivity contribution in [2.45, 2.75) is 18.2 Å². The highest BCUT2D eigenvalue weighted by Gasteiger charge is 2.14. The number of hydrogen-bond acceptors (Lipinski definition) is 4. The molecule has 0 saturated heterocycles. The highest BCUT2D eigenvalue weighted by molar-refractivity contribution is 7.89. The van der Waals surface area contributed by atoms with Crippen molar-refractivity contribution in [1.29, 1.82) is 0 Å². The fraction of sp³-hybridized carbons (Fsp3) is 0.214. The second-order valence-electron chi connectivity index (χ2n) is 4.63. The van der Waals surface area contributed by atoms with E-state index in [0.717, 1.165) is 11.1 Å². The van der Waals surface area contributed by atoms with Gasteiger partial charge >= 0.3 is 0 Å². The molecule has 5 nitrogen and oxygen atoms in total. The van der Waals surface area contributed by atoms with Crippen LogP contribution in [-0.2, 0) is 16.4 Å². The molecule has 0 aliphatic rings. The van der Waals surface area contributed by atoms with E-state index in [1.807, 2.05) is 0 Å². The van der Waals surface area contributed by atoms with E-state index in [9.17, 15) is 12.8 Å². The number of benzene rings is 1. The van der Waals surface area contributed by atoms with Crippen molar-refractivity contribution in [2.75, 3.05) is 12.3 Å². The minimum atomic E-state index is -3.62.